The summed E-state index contributed by atoms with van der Waals surface area (Å²) < 4.78 is 4.17. The molecule has 0 radical (unpaired) electrons. The molecule has 0 unspecified atom stereocenters. The summed E-state index contributed by atoms with van der Waals surface area (Å²) in [7, 11) is 4.07. The van der Waals surface area contributed by atoms with Gasteiger partial charge in [0.1, 0.15) is 10.0 Å². The molecule has 0 aliphatic heterocycles. The Morgan fingerprint density at radius 3 is 1.60 bits per heavy atom. The van der Waals surface area contributed by atoms with E-state index in [4.69, 9.17) is 9.97 Å². The van der Waals surface area contributed by atoms with Gasteiger partial charge >= 0.3 is 0 Å². The highest BCUT2D eigenvalue weighted by molar-refractivity contribution is 7.29. The van der Waals surface area contributed by atoms with E-state index in [0.717, 1.165) is 31.1 Å². The topological polar surface area (TPSA) is 35.6 Å². The predicted molar refractivity (Wildman–Crippen MR) is 84.1 cm³/mol. The van der Waals surface area contributed by atoms with E-state index < -0.39 is 0 Å². The van der Waals surface area contributed by atoms with E-state index in [0.29, 0.717) is 0 Å². The maximum absolute atomic E-state index is 4.72. The molecule has 0 aliphatic rings. The Hall–Kier alpha value is -1.92. The van der Waals surface area contributed by atoms with Crippen LogP contribution in [0.4, 0.5) is 0 Å². The molecular formula is C14H12N4S2. The van der Waals surface area contributed by atoms with Crippen molar-refractivity contribution in [1.29, 1.82) is 0 Å². The zero-order chi connectivity index (χ0) is 13.7. The van der Waals surface area contributed by atoms with Crippen molar-refractivity contribution in [1.82, 2.24) is 19.1 Å². The Morgan fingerprint density at radius 1 is 0.800 bits per heavy atom. The van der Waals surface area contributed by atoms with E-state index in [1.54, 1.807) is 22.7 Å². The van der Waals surface area contributed by atoms with Crippen LogP contribution in [0, 0.1) is 0 Å². The Kier molecular flexibility index (Phi) is 2.55. The van der Waals surface area contributed by atoms with Gasteiger partial charge in [-0.05, 0) is 24.3 Å². The summed E-state index contributed by atoms with van der Waals surface area (Å²) in [4.78, 5) is 11.5. The Balaban J connectivity index is 1.82. The van der Waals surface area contributed by atoms with Gasteiger partial charge in [-0.15, -0.1) is 0 Å². The molecule has 0 fully saturated rings. The van der Waals surface area contributed by atoms with Gasteiger partial charge in [0, 0.05) is 26.5 Å². The van der Waals surface area contributed by atoms with Crippen LogP contribution < -0.4 is 0 Å². The Bertz CT molecular complexity index is 792. The van der Waals surface area contributed by atoms with Gasteiger partial charge in [0.05, 0.1) is 11.4 Å². The first kappa shape index (κ1) is 11.9. The van der Waals surface area contributed by atoms with Crippen molar-refractivity contribution < 1.29 is 0 Å². The molecule has 100 valence electrons. The first-order valence-corrected chi connectivity index (χ1v) is 7.86. The van der Waals surface area contributed by atoms with Gasteiger partial charge in [-0.2, -0.15) is 0 Å². The fourth-order valence-corrected chi connectivity index (χ4v) is 4.41. The molecule has 0 bridgehead atoms. The van der Waals surface area contributed by atoms with Crippen molar-refractivity contribution in [2.45, 2.75) is 0 Å². The van der Waals surface area contributed by atoms with Crippen molar-refractivity contribution in [3.8, 4) is 21.4 Å². The smallest absolute Gasteiger partial charge is 0.156 e. The van der Waals surface area contributed by atoms with Crippen molar-refractivity contribution >= 4 is 32.3 Å². The summed E-state index contributed by atoms with van der Waals surface area (Å²) in [5, 5.41) is 2.06. The lowest BCUT2D eigenvalue weighted by Crippen LogP contribution is -1.88. The number of nitrogens with zero attached hydrogens (tertiary/aromatic N) is 4. The Morgan fingerprint density at radius 2 is 1.25 bits per heavy atom. The van der Waals surface area contributed by atoms with Crippen molar-refractivity contribution in [2.75, 3.05) is 0 Å². The molecule has 0 aliphatic carbocycles. The van der Waals surface area contributed by atoms with Gasteiger partial charge < -0.3 is 9.13 Å². The van der Waals surface area contributed by atoms with Gasteiger partial charge in [-0.25, -0.2) is 9.97 Å². The van der Waals surface area contributed by atoms with Crippen LogP contribution in [0.2, 0.25) is 0 Å². The quantitative estimate of drug-likeness (QED) is 0.565. The molecule has 4 aromatic rings. The molecule has 0 aromatic carbocycles. The fourth-order valence-electron chi connectivity index (χ4n) is 2.23. The average molecular weight is 300 g/mol. The molecule has 4 heterocycles. The van der Waals surface area contributed by atoms with Crippen LogP contribution in [0.3, 0.4) is 0 Å². The molecule has 0 saturated carbocycles. The largest absolute Gasteiger partial charge is 0.349 e. The number of rotatable bonds is 2. The lowest BCUT2D eigenvalue weighted by atomic mass is 10.4. The monoisotopic (exact) mass is 300 g/mol. The normalized spacial score (nSPS) is 11.5. The van der Waals surface area contributed by atoms with Gasteiger partial charge in [0.25, 0.3) is 0 Å². The van der Waals surface area contributed by atoms with Gasteiger partial charge in [0.15, 0.2) is 9.66 Å². The molecule has 0 atom stereocenters. The number of thiazole rings is 2. The van der Waals surface area contributed by atoms with Crippen LogP contribution in [0.5, 0.6) is 0 Å². The molecule has 0 saturated heterocycles. The Labute approximate surface area is 124 Å². The molecule has 4 nitrogen and oxygen atoms in total. The number of hydrogen-bond acceptors (Lipinski definition) is 4. The second kappa shape index (κ2) is 4.29. The van der Waals surface area contributed by atoms with E-state index in [2.05, 4.69) is 21.3 Å². The van der Waals surface area contributed by atoms with Crippen LogP contribution >= 0.6 is 22.7 Å². The third kappa shape index (κ3) is 1.72. The third-order valence-electron chi connectivity index (χ3n) is 3.30. The SMILES string of the molecule is Cn1cccc1-c1nc2sc(-c3cccn3C)nc2s1. The number of aryl methyl sites for hydroxylation is 2. The summed E-state index contributed by atoms with van der Waals surface area (Å²) in [5.74, 6) is 0. The fraction of sp³-hybridized carbons (Fsp3) is 0.143. The van der Waals surface area contributed by atoms with Gasteiger partial charge in [-0.3, -0.25) is 0 Å². The second-order valence-corrected chi connectivity index (χ2v) is 6.61. The van der Waals surface area contributed by atoms with Gasteiger partial charge in [0.2, 0.25) is 0 Å². The van der Waals surface area contributed by atoms with Crippen molar-refractivity contribution in [3.05, 3.63) is 36.7 Å². The predicted octanol–water partition coefficient (Wildman–Crippen LogP) is 3.76. The highest BCUT2D eigenvalue weighted by Gasteiger charge is 2.15. The molecule has 20 heavy (non-hydrogen) atoms. The molecule has 4 rings (SSSR count). The summed E-state index contributed by atoms with van der Waals surface area (Å²) in [6.07, 6.45) is 4.07. The van der Waals surface area contributed by atoms with E-state index in [9.17, 15) is 0 Å². The maximum Gasteiger partial charge on any atom is 0.156 e. The first-order chi connectivity index (χ1) is 9.72. The summed E-state index contributed by atoms with van der Waals surface area (Å²) >= 11 is 3.30. The van der Waals surface area contributed by atoms with Crippen molar-refractivity contribution in [3.63, 3.8) is 0 Å². The maximum atomic E-state index is 4.72. The van der Waals surface area contributed by atoms with E-state index >= 15 is 0 Å². The average Bonchev–Trinajstić information content (AvgIpc) is 3.10. The highest BCUT2D eigenvalue weighted by Crippen LogP contribution is 2.36. The second-order valence-electron chi connectivity index (χ2n) is 4.66. The number of aromatic nitrogens is 4. The van der Waals surface area contributed by atoms with Crippen LogP contribution in [0.25, 0.3) is 31.1 Å². The molecule has 4 aromatic heterocycles. The first-order valence-electron chi connectivity index (χ1n) is 6.23. The standard InChI is InChI=1S/C14H12N4S2/c1-17-7-3-5-9(17)11-15-13-14(19-11)16-12(20-13)10-6-4-8-18(10)2/h3-8H,1-2H3. The molecule has 0 N–H and O–H groups in total. The molecule has 6 heteroatoms. The van der Waals surface area contributed by atoms with Crippen molar-refractivity contribution in [2.24, 2.45) is 14.1 Å². The van der Waals surface area contributed by atoms with Crippen LogP contribution in [0.15, 0.2) is 36.7 Å². The minimum absolute atomic E-state index is 1.02. The minimum atomic E-state index is 1.02. The van der Waals surface area contributed by atoms with E-state index in [-0.39, 0.29) is 0 Å². The van der Waals surface area contributed by atoms with Crippen LogP contribution in [-0.4, -0.2) is 19.1 Å². The molecule has 0 spiro atoms. The summed E-state index contributed by atoms with van der Waals surface area (Å²) in [5.41, 5.74) is 2.28. The zero-order valence-corrected chi connectivity index (χ0v) is 12.7. The van der Waals surface area contributed by atoms with Crippen LogP contribution in [0.1, 0.15) is 0 Å². The lowest BCUT2D eigenvalue weighted by molar-refractivity contribution is 0.936. The summed E-state index contributed by atoms with van der Waals surface area (Å²) in [6.45, 7) is 0. The van der Waals surface area contributed by atoms with E-state index in [1.807, 2.05) is 38.6 Å². The lowest BCUT2D eigenvalue weighted by Gasteiger charge is -1.98. The minimum Gasteiger partial charge on any atom is -0.349 e. The zero-order valence-electron chi connectivity index (χ0n) is 11.1. The highest BCUT2D eigenvalue weighted by atomic mass is 32.1. The molecule has 0 amide bonds. The number of hydrogen-bond donors (Lipinski definition) is 0. The third-order valence-corrected chi connectivity index (χ3v) is 5.37. The van der Waals surface area contributed by atoms with Crippen LogP contribution in [-0.2, 0) is 14.1 Å². The summed E-state index contributed by atoms with van der Waals surface area (Å²) in [6, 6.07) is 8.24. The number of fused-ring (bicyclic) bond motifs is 1. The van der Waals surface area contributed by atoms with E-state index in [1.165, 1.54) is 0 Å². The molecular weight excluding hydrogens is 288 g/mol. The van der Waals surface area contributed by atoms with Gasteiger partial charge in [-0.1, -0.05) is 22.7 Å².